The molecule has 7 heteroatoms. The van der Waals surface area contributed by atoms with E-state index >= 15 is 0 Å². The molecule has 7 nitrogen and oxygen atoms in total. The lowest BCUT2D eigenvalue weighted by Crippen LogP contribution is -2.29. The van der Waals surface area contributed by atoms with E-state index in [9.17, 15) is 9.59 Å². The molecule has 1 atom stereocenters. The molecule has 0 aliphatic heterocycles. The number of carboxylic acid groups (broad SMARTS) is 1. The first-order chi connectivity index (χ1) is 13.4. The average Bonchev–Trinajstić information content (AvgIpc) is 3.06. The molecule has 1 heterocycles. The maximum Gasteiger partial charge on any atom is 0.341 e. The lowest BCUT2D eigenvalue weighted by molar-refractivity contribution is -0.139. The van der Waals surface area contributed by atoms with Gasteiger partial charge in [-0.3, -0.25) is 4.79 Å². The van der Waals surface area contributed by atoms with Crippen molar-refractivity contribution in [2.75, 3.05) is 6.61 Å². The number of hydrogen-bond acceptors (Lipinski definition) is 4. The summed E-state index contributed by atoms with van der Waals surface area (Å²) in [4.78, 5) is 28.0. The number of amides is 1. The van der Waals surface area contributed by atoms with Crippen LogP contribution in [0, 0.1) is 0 Å². The highest BCUT2D eigenvalue weighted by atomic mass is 16.5. The summed E-state index contributed by atoms with van der Waals surface area (Å²) in [6, 6.07) is 14.2. The molecule has 1 aromatic heterocycles. The highest BCUT2D eigenvalue weighted by Crippen LogP contribution is 2.25. The normalized spacial score (nSPS) is 12.1. The maximum atomic E-state index is 12.7. The molecule has 0 aliphatic carbocycles. The van der Waals surface area contributed by atoms with Crippen LogP contribution in [-0.4, -0.2) is 33.1 Å². The molecule has 2 aromatic carbocycles. The van der Waals surface area contributed by atoms with Crippen LogP contribution < -0.4 is 10.1 Å². The van der Waals surface area contributed by atoms with Crippen molar-refractivity contribution < 1.29 is 19.4 Å². The smallest absolute Gasteiger partial charge is 0.341 e. The average molecular weight is 381 g/mol. The number of aromatic nitrogens is 2. The van der Waals surface area contributed by atoms with Gasteiger partial charge in [-0.05, 0) is 51.1 Å². The molecular formula is C21H23N3O4. The Kier molecular flexibility index (Phi) is 5.63. The Morgan fingerprint density at radius 1 is 1.14 bits per heavy atom. The summed E-state index contributed by atoms with van der Waals surface area (Å²) in [7, 11) is 0. The number of imidazole rings is 1. The van der Waals surface area contributed by atoms with Crippen molar-refractivity contribution in [2.24, 2.45) is 0 Å². The summed E-state index contributed by atoms with van der Waals surface area (Å²) in [5.41, 5.74) is 2.30. The fourth-order valence-corrected chi connectivity index (χ4v) is 3.13. The number of carbonyl (C=O) groups is 2. The van der Waals surface area contributed by atoms with Crippen LogP contribution in [0.15, 0.2) is 48.5 Å². The van der Waals surface area contributed by atoms with Crippen LogP contribution in [0.4, 0.5) is 0 Å². The quantitative estimate of drug-likeness (QED) is 0.653. The van der Waals surface area contributed by atoms with Crippen LogP contribution in [0.3, 0.4) is 0 Å². The zero-order valence-electron chi connectivity index (χ0n) is 16.0. The van der Waals surface area contributed by atoms with Crippen molar-refractivity contribution in [2.45, 2.75) is 32.9 Å². The summed E-state index contributed by atoms with van der Waals surface area (Å²) in [6.45, 7) is 5.59. The third-order valence-electron chi connectivity index (χ3n) is 4.33. The fraction of sp³-hybridized carbons (Fsp3) is 0.286. The molecule has 0 saturated heterocycles. The second-order valence-electron chi connectivity index (χ2n) is 6.83. The number of nitrogens with one attached hydrogen (secondary N) is 1. The van der Waals surface area contributed by atoms with Crippen molar-refractivity contribution in [3.05, 3.63) is 59.9 Å². The molecule has 0 fully saturated rings. The van der Waals surface area contributed by atoms with Gasteiger partial charge in [-0.1, -0.05) is 18.2 Å². The van der Waals surface area contributed by atoms with Gasteiger partial charge in [-0.25, -0.2) is 9.78 Å². The molecule has 146 valence electrons. The van der Waals surface area contributed by atoms with Gasteiger partial charge in [0.15, 0.2) is 6.61 Å². The Balaban J connectivity index is 1.81. The SMILES string of the molecule is CC(NC(=O)c1cccc(OCC(=O)O)c1)c1nc2ccccc2n1C(C)C. The fourth-order valence-electron chi connectivity index (χ4n) is 3.13. The Hall–Kier alpha value is -3.35. The van der Waals surface area contributed by atoms with Gasteiger partial charge < -0.3 is 19.7 Å². The monoisotopic (exact) mass is 381 g/mol. The van der Waals surface area contributed by atoms with Gasteiger partial charge in [0.2, 0.25) is 0 Å². The number of para-hydroxylation sites is 2. The van der Waals surface area contributed by atoms with Crippen LogP contribution in [0.25, 0.3) is 11.0 Å². The van der Waals surface area contributed by atoms with Gasteiger partial charge in [0.05, 0.1) is 17.1 Å². The first-order valence-electron chi connectivity index (χ1n) is 9.09. The molecule has 28 heavy (non-hydrogen) atoms. The predicted molar refractivity (Wildman–Crippen MR) is 106 cm³/mol. The van der Waals surface area contributed by atoms with Crippen molar-refractivity contribution in [1.82, 2.24) is 14.9 Å². The molecule has 0 saturated carbocycles. The van der Waals surface area contributed by atoms with Gasteiger partial charge in [0.1, 0.15) is 11.6 Å². The molecule has 0 spiro atoms. The van der Waals surface area contributed by atoms with E-state index in [4.69, 9.17) is 14.8 Å². The summed E-state index contributed by atoms with van der Waals surface area (Å²) in [6.07, 6.45) is 0. The van der Waals surface area contributed by atoms with Gasteiger partial charge in [-0.15, -0.1) is 0 Å². The van der Waals surface area contributed by atoms with Crippen molar-refractivity contribution >= 4 is 22.9 Å². The Bertz CT molecular complexity index is 1010. The molecule has 3 rings (SSSR count). The minimum absolute atomic E-state index is 0.189. The molecule has 1 amide bonds. The van der Waals surface area contributed by atoms with Gasteiger partial charge in [-0.2, -0.15) is 0 Å². The van der Waals surface area contributed by atoms with Gasteiger partial charge in [0.25, 0.3) is 5.91 Å². The second kappa shape index (κ2) is 8.12. The molecular weight excluding hydrogens is 358 g/mol. The first-order valence-corrected chi connectivity index (χ1v) is 9.09. The predicted octanol–water partition coefficient (Wildman–Crippen LogP) is 3.57. The highest BCUT2D eigenvalue weighted by Gasteiger charge is 2.20. The van der Waals surface area contributed by atoms with Crippen LogP contribution in [0.5, 0.6) is 5.75 Å². The first kappa shape index (κ1) is 19.4. The summed E-state index contributed by atoms with van der Waals surface area (Å²) < 4.78 is 7.26. The topological polar surface area (TPSA) is 93.4 Å². The number of ether oxygens (including phenoxy) is 1. The highest BCUT2D eigenvalue weighted by molar-refractivity contribution is 5.94. The minimum Gasteiger partial charge on any atom is -0.482 e. The number of rotatable bonds is 7. The third kappa shape index (κ3) is 4.14. The minimum atomic E-state index is -1.07. The summed E-state index contributed by atoms with van der Waals surface area (Å²) >= 11 is 0. The standard InChI is InChI=1S/C21H23N3O4/c1-13(2)24-18-10-5-4-9-17(18)23-20(24)14(3)22-21(27)15-7-6-8-16(11-15)28-12-19(25)26/h4-11,13-14H,12H2,1-3H3,(H,22,27)(H,25,26). The molecule has 2 N–H and O–H groups in total. The molecule has 3 aromatic rings. The van der Waals surface area contributed by atoms with E-state index in [0.29, 0.717) is 11.3 Å². The lowest BCUT2D eigenvalue weighted by atomic mass is 10.2. The summed E-state index contributed by atoms with van der Waals surface area (Å²) in [5.74, 6) is -0.244. The van der Waals surface area contributed by atoms with E-state index in [1.807, 2.05) is 31.2 Å². The van der Waals surface area contributed by atoms with Crippen molar-refractivity contribution in [3.8, 4) is 5.75 Å². The van der Waals surface area contributed by atoms with E-state index in [1.54, 1.807) is 18.2 Å². The van der Waals surface area contributed by atoms with E-state index in [2.05, 4.69) is 23.7 Å². The zero-order valence-corrected chi connectivity index (χ0v) is 16.0. The van der Waals surface area contributed by atoms with Crippen LogP contribution in [-0.2, 0) is 4.79 Å². The number of carboxylic acids is 1. The number of fused-ring (bicyclic) bond motifs is 1. The summed E-state index contributed by atoms with van der Waals surface area (Å²) in [5, 5.41) is 11.7. The number of aliphatic carboxylic acids is 1. The number of carbonyl (C=O) groups excluding carboxylic acids is 1. The Morgan fingerprint density at radius 2 is 1.89 bits per heavy atom. The Labute approximate surface area is 163 Å². The number of benzene rings is 2. The van der Waals surface area contributed by atoms with Gasteiger partial charge >= 0.3 is 5.97 Å². The van der Waals surface area contributed by atoms with Gasteiger partial charge in [0, 0.05) is 11.6 Å². The van der Waals surface area contributed by atoms with Crippen molar-refractivity contribution in [3.63, 3.8) is 0 Å². The molecule has 1 unspecified atom stereocenters. The van der Waals surface area contributed by atoms with Crippen LogP contribution >= 0.6 is 0 Å². The van der Waals surface area contributed by atoms with E-state index in [-0.39, 0.29) is 18.0 Å². The molecule has 0 bridgehead atoms. The van der Waals surface area contributed by atoms with Crippen LogP contribution in [0.1, 0.15) is 49.0 Å². The Morgan fingerprint density at radius 3 is 2.61 bits per heavy atom. The lowest BCUT2D eigenvalue weighted by Gasteiger charge is -2.19. The molecule has 0 radical (unpaired) electrons. The zero-order chi connectivity index (χ0) is 20.3. The van der Waals surface area contributed by atoms with Crippen molar-refractivity contribution in [1.29, 1.82) is 0 Å². The van der Waals surface area contributed by atoms with E-state index in [1.165, 1.54) is 6.07 Å². The van der Waals surface area contributed by atoms with Crippen LogP contribution in [0.2, 0.25) is 0 Å². The molecule has 0 aliphatic rings. The largest absolute Gasteiger partial charge is 0.482 e. The third-order valence-corrected chi connectivity index (χ3v) is 4.33. The maximum absolute atomic E-state index is 12.7. The number of hydrogen-bond donors (Lipinski definition) is 2. The van der Waals surface area contributed by atoms with E-state index < -0.39 is 12.6 Å². The van der Waals surface area contributed by atoms with E-state index in [0.717, 1.165) is 16.9 Å². The second-order valence-corrected chi connectivity index (χ2v) is 6.83. The number of nitrogens with zero attached hydrogens (tertiary/aromatic N) is 2.